The Bertz CT molecular complexity index is 974. The highest BCUT2D eigenvalue weighted by Crippen LogP contribution is 2.33. The third-order valence-corrected chi connectivity index (χ3v) is 5.98. The van der Waals surface area contributed by atoms with E-state index in [1.165, 1.54) is 11.8 Å². The van der Waals surface area contributed by atoms with Crippen LogP contribution < -0.4 is 10.1 Å². The number of methoxy groups -OCH3 is 1. The highest BCUT2D eigenvalue weighted by Gasteiger charge is 2.38. The molecule has 2 aromatic rings. The van der Waals surface area contributed by atoms with Crippen LogP contribution in [0.3, 0.4) is 0 Å². The molecule has 1 atom stereocenters. The van der Waals surface area contributed by atoms with E-state index in [1.54, 1.807) is 24.1 Å². The molecule has 7 heteroatoms. The van der Waals surface area contributed by atoms with Crippen molar-refractivity contribution in [3.05, 3.63) is 53.6 Å². The number of hydrogen-bond acceptors (Lipinski definition) is 5. The second kappa shape index (κ2) is 9.80. The van der Waals surface area contributed by atoms with Crippen molar-refractivity contribution in [3.8, 4) is 5.75 Å². The predicted octanol–water partition coefficient (Wildman–Crippen LogP) is 4.68. The molecule has 30 heavy (non-hydrogen) atoms. The van der Waals surface area contributed by atoms with Gasteiger partial charge in [0.25, 0.3) is 0 Å². The maximum absolute atomic E-state index is 13.0. The van der Waals surface area contributed by atoms with E-state index in [4.69, 9.17) is 9.73 Å². The fraction of sp³-hybridized carbons (Fsp3) is 0.348. The van der Waals surface area contributed by atoms with E-state index in [2.05, 4.69) is 5.32 Å². The predicted molar refractivity (Wildman–Crippen MR) is 123 cm³/mol. The van der Waals surface area contributed by atoms with Crippen LogP contribution in [0.25, 0.3) is 0 Å². The zero-order valence-electron chi connectivity index (χ0n) is 17.8. The van der Waals surface area contributed by atoms with E-state index in [1.807, 2.05) is 51.1 Å². The average Bonchev–Trinajstić information content (AvgIpc) is 3.00. The van der Waals surface area contributed by atoms with Crippen LogP contribution in [-0.4, -0.2) is 40.8 Å². The lowest BCUT2D eigenvalue weighted by molar-refractivity contribution is -0.128. The fourth-order valence-electron chi connectivity index (χ4n) is 3.21. The zero-order chi connectivity index (χ0) is 21.7. The van der Waals surface area contributed by atoms with Gasteiger partial charge in [0.2, 0.25) is 11.8 Å². The normalized spacial score (nSPS) is 17.5. The van der Waals surface area contributed by atoms with Crippen molar-refractivity contribution in [2.45, 2.75) is 38.9 Å². The van der Waals surface area contributed by atoms with Gasteiger partial charge >= 0.3 is 0 Å². The molecule has 6 nitrogen and oxygen atoms in total. The van der Waals surface area contributed by atoms with Crippen LogP contribution in [0.15, 0.2) is 47.5 Å². The molecule has 0 aliphatic carbocycles. The number of amides is 2. The topological polar surface area (TPSA) is 71.0 Å². The van der Waals surface area contributed by atoms with Crippen LogP contribution in [0.2, 0.25) is 0 Å². The van der Waals surface area contributed by atoms with Gasteiger partial charge in [-0.05, 0) is 49.6 Å². The molecule has 1 aliphatic heterocycles. The molecule has 1 fully saturated rings. The van der Waals surface area contributed by atoms with Gasteiger partial charge in [0.1, 0.15) is 11.0 Å². The summed E-state index contributed by atoms with van der Waals surface area (Å²) >= 11 is 1.36. The second-order valence-electron chi connectivity index (χ2n) is 7.23. The van der Waals surface area contributed by atoms with E-state index in [0.29, 0.717) is 23.1 Å². The van der Waals surface area contributed by atoms with Crippen LogP contribution in [0.4, 0.5) is 11.4 Å². The van der Waals surface area contributed by atoms with Crippen LogP contribution in [-0.2, 0) is 9.59 Å². The first-order valence-corrected chi connectivity index (χ1v) is 10.9. The van der Waals surface area contributed by atoms with Gasteiger partial charge in [0.05, 0.1) is 18.5 Å². The van der Waals surface area contributed by atoms with Gasteiger partial charge in [-0.3, -0.25) is 14.5 Å². The Balaban J connectivity index is 1.78. The Labute approximate surface area is 181 Å². The summed E-state index contributed by atoms with van der Waals surface area (Å²) in [6, 6.07) is 13.3. The number of rotatable bonds is 7. The van der Waals surface area contributed by atoms with Gasteiger partial charge in [-0.25, -0.2) is 4.99 Å². The van der Waals surface area contributed by atoms with E-state index < -0.39 is 5.25 Å². The van der Waals surface area contributed by atoms with Gasteiger partial charge in [0, 0.05) is 13.0 Å². The van der Waals surface area contributed by atoms with Crippen molar-refractivity contribution >= 4 is 40.1 Å². The lowest BCUT2D eigenvalue weighted by Gasteiger charge is -2.15. The van der Waals surface area contributed by atoms with E-state index >= 15 is 0 Å². The Morgan fingerprint density at radius 1 is 1.23 bits per heavy atom. The van der Waals surface area contributed by atoms with Gasteiger partial charge in [0.15, 0.2) is 5.17 Å². The molecule has 1 aliphatic rings. The molecule has 0 aromatic heterocycles. The summed E-state index contributed by atoms with van der Waals surface area (Å²) in [4.78, 5) is 32.1. The minimum atomic E-state index is -0.491. The van der Waals surface area contributed by atoms with Crippen LogP contribution in [0, 0.1) is 13.8 Å². The minimum absolute atomic E-state index is 0.0684. The molecule has 1 saturated heterocycles. The number of aryl methyl sites for hydroxylation is 2. The van der Waals surface area contributed by atoms with Crippen LogP contribution >= 0.6 is 11.8 Å². The number of nitrogens with one attached hydrogen (secondary N) is 1. The standard InChI is InChI=1S/C23H27N3O3S/c1-5-12-26-22(28)20(14-21(27)24-17-8-6-7-9-19(17)29-4)30-23(26)25-18-13-15(2)10-11-16(18)3/h6-11,13,20H,5,12,14H2,1-4H3,(H,24,27)/t20-/m1/s1. The van der Waals surface area contributed by atoms with E-state index in [0.717, 1.165) is 23.2 Å². The number of hydrogen-bond donors (Lipinski definition) is 1. The van der Waals surface area contributed by atoms with Gasteiger partial charge in [-0.1, -0.05) is 43.0 Å². The number of thioether (sulfide) groups is 1. The summed E-state index contributed by atoms with van der Waals surface area (Å²) < 4.78 is 5.28. The summed E-state index contributed by atoms with van der Waals surface area (Å²) in [7, 11) is 1.56. The van der Waals surface area contributed by atoms with Crippen molar-refractivity contribution in [1.29, 1.82) is 0 Å². The molecule has 0 radical (unpaired) electrons. The first kappa shape index (κ1) is 21.9. The molecule has 1 N–H and O–H groups in total. The zero-order valence-corrected chi connectivity index (χ0v) is 18.6. The largest absolute Gasteiger partial charge is 0.495 e. The van der Waals surface area contributed by atoms with Crippen molar-refractivity contribution in [1.82, 2.24) is 4.90 Å². The first-order valence-electron chi connectivity index (χ1n) is 9.99. The number of carbonyl (C=O) groups excluding carboxylic acids is 2. The van der Waals surface area contributed by atoms with Crippen LogP contribution in [0.5, 0.6) is 5.75 Å². The molecule has 158 valence electrons. The first-order chi connectivity index (χ1) is 14.4. The van der Waals surface area contributed by atoms with Crippen molar-refractivity contribution in [3.63, 3.8) is 0 Å². The molecular formula is C23H27N3O3S. The smallest absolute Gasteiger partial charge is 0.242 e. The number of carbonyl (C=O) groups is 2. The lowest BCUT2D eigenvalue weighted by Crippen LogP contribution is -2.34. The monoisotopic (exact) mass is 425 g/mol. The molecule has 3 rings (SSSR count). The van der Waals surface area contributed by atoms with Crippen molar-refractivity contribution < 1.29 is 14.3 Å². The van der Waals surface area contributed by atoms with Gasteiger partial charge in [-0.2, -0.15) is 0 Å². The molecule has 2 amide bonds. The Morgan fingerprint density at radius 2 is 2.00 bits per heavy atom. The molecule has 1 heterocycles. The fourth-order valence-corrected chi connectivity index (χ4v) is 4.39. The quantitative estimate of drug-likeness (QED) is 0.699. The summed E-state index contributed by atoms with van der Waals surface area (Å²) in [6.45, 7) is 6.63. The molecule has 0 unspecified atom stereocenters. The Morgan fingerprint density at radius 3 is 2.73 bits per heavy atom. The van der Waals surface area contributed by atoms with Crippen LogP contribution in [0.1, 0.15) is 30.9 Å². The summed E-state index contributed by atoms with van der Waals surface area (Å²) in [5.74, 6) is 0.289. The second-order valence-corrected chi connectivity index (χ2v) is 8.40. The van der Waals surface area contributed by atoms with Gasteiger partial charge in [-0.15, -0.1) is 0 Å². The number of para-hydroxylation sites is 2. The van der Waals surface area contributed by atoms with E-state index in [-0.39, 0.29) is 18.2 Å². The third-order valence-electron chi connectivity index (χ3n) is 4.80. The number of benzene rings is 2. The van der Waals surface area contributed by atoms with Crippen molar-refractivity contribution in [2.75, 3.05) is 19.0 Å². The number of anilines is 1. The average molecular weight is 426 g/mol. The minimum Gasteiger partial charge on any atom is -0.495 e. The molecule has 0 saturated carbocycles. The third kappa shape index (κ3) is 5.02. The van der Waals surface area contributed by atoms with E-state index in [9.17, 15) is 9.59 Å². The Kier molecular flexibility index (Phi) is 7.15. The van der Waals surface area contributed by atoms with Gasteiger partial charge < -0.3 is 10.1 Å². The molecule has 2 aromatic carbocycles. The lowest BCUT2D eigenvalue weighted by atomic mass is 10.1. The number of nitrogens with zero attached hydrogens (tertiary/aromatic N) is 2. The maximum atomic E-state index is 13.0. The number of aliphatic imine (C=N–C) groups is 1. The molecule has 0 bridgehead atoms. The number of ether oxygens (including phenoxy) is 1. The molecular weight excluding hydrogens is 398 g/mol. The SMILES string of the molecule is CCCN1C(=O)[C@@H](CC(=O)Nc2ccccc2OC)SC1=Nc1cc(C)ccc1C. The maximum Gasteiger partial charge on any atom is 0.242 e. The highest BCUT2D eigenvalue weighted by molar-refractivity contribution is 8.15. The Hall–Kier alpha value is -2.80. The summed E-state index contributed by atoms with van der Waals surface area (Å²) in [5.41, 5.74) is 3.61. The number of amidine groups is 1. The van der Waals surface area contributed by atoms with Crippen molar-refractivity contribution in [2.24, 2.45) is 4.99 Å². The highest BCUT2D eigenvalue weighted by atomic mass is 32.2. The summed E-state index contributed by atoms with van der Waals surface area (Å²) in [5, 5.41) is 3.02. The summed E-state index contributed by atoms with van der Waals surface area (Å²) in [6.07, 6.45) is 0.895. The molecule has 0 spiro atoms.